The lowest BCUT2D eigenvalue weighted by atomic mass is 9.94. The molecule has 2 aromatic carbocycles. The molecule has 0 saturated carbocycles. The van der Waals surface area contributed by atoms with Gasteiger partial charge in [0.1, 0.15) is 17.1 Å². The fourth-order valence-corrected chi connectivity index (χ4v) is 4.22. The van der Waals surface area contributed by atoms with Gasteiger partial charge in [-0.05, 0) is 57.0 Å². The molecule has 2 aromatic rings. The molecule has 9 heteroatoms. The number of nitrogens with one attached hydrogen (secondary N) is 2. The number of rotatable bonds is 10. The Bertz CT molecular complexity index is 1170. The Morgan fingerprint density at radius 3 is 2.32 bits per heavy atom. The molecule has 9 nitrogen and oxygen atoms in total. The number of benzene rings is 2. The standard InChI is InChI=1S/C28H35N3O6/c1-7-8-15-31-18(4)23(27(33)37-17(2)3)25(30-28(31)34)19-11-9-12-20(16-19)29-26(32)24-21(35-5)13-10-14-22(24)36-6/h9-14,16-17,25H,7-8,15H2,1-6H3,(H,29,32)(H,30,34). The first-order valence-corrected chi connectivity index (χ1v) is 12.3. The highest BCUT2D eigenvalue weighted by atomic mass is 16.5. The van der Waals surface area contributed by atoms with Crippen molar-refractivity contribution in [3.05, 3.63) is 64.9 Å². The molecule has 1 aliphatic heterocycles. The van der Waals surface area contributed by atoms with Crippen molar-refractivity contribution in [2.45, 2.75) is 52.7 Å². The summed E-state index contributed by atoms with van der Waals surface area (Å²) < 4.78 is 16.2. The summed E-state index contributed by atoms with van der Waals surface area (Å²) in [5.74, 6) is -0.169. The normalized spacial score (nSPS) is 15.4. The molecule has 2 N–H and O–H groups in total. The minimum atomic E-state index is -0.741. The SMILES string of the molecule is CCCCN1C(=O)NC(c2cccc(NC(=O)c3c(OC)cccc3OC)c2)C(C(=O)OC(C)C)=C1C. The fourth-order valence-electron chi connectivity index (χ4n) is 4.22. The van der Waals surface area contributed by atoms with Gasteiger partial charge >= 0.3 is 12.0 Å². The summed E-state index contributed by atoms with van der Waals surface area (Å²) in [4.78, 5) is 40.9. The summed E-state index contributed by atoms with van der Waals surface area (Å²) in [6, 6.07) is 11.1. The second-order valence-corrected chi connectivity index (χ2v) is 8.96. The zero-order valence-corrected chi connectivity index (χ0v) is 22.2. The smallest absolute Gasteiger partial charge is 0.338 e. The number of anilines is 1. The second-order valence-electron chi connectivity index (χ2n) is 8.96. The van der Waals surface area contributed by atoms with Crippen LogP contribution < -0.4 is 20.1 Å². The number of nitrogens with zero attached hydrogens (tertiary/aromatic N) is 1. The Morgan fingerprint density at radius 1 is 1.08 bits per heavy atom. The van der Waals surface area contributed by atoms with Crippen molar-refractivity contribution in [1.82, 2.24) is 10.2 Å². The summed E-state index contributed by atoms with van der Waals surface area (Å²) in [5, 5.41) is 5.82. The van der Waals surface area contributed by atoms with Crippen LogP contribution >= 0.6 is 0 Å². The van der Waals surface area contributed by atoms with Crippen molar-refractivity contribution in [2.24, 2.45) is 0 Å². The van der Waals surface area contributed by atoms with Crippen molar-refractivity contribution in [1.29, 1.82) is 0 Å². The number of unbranched alkanes of at least 4 members (excludes halogenated alkanes) is 1. The van der Waals surface area contributed by atoms with E-state index in [4.69, 9.17) is 14.2 Å². The predicted molar refractivity (Wildman–Crippen MR) is 141 cm³/mol. The highest BCUT2D eigenvalue weighted by Crippen LogP contribution is 2.34. The quantitative estimate of drug-likeness (QED) is 0.434. The number of urea groups is 1. The van der Waals surface area contributed by atoms with E-state index in [1.165, 1.54) is 14.2 Å². The van der Waals surface area contributed by atoms with Crippen molar-refractivity contribution in [2.75, 3.05) is 26.1 Å². The van der Waals surface area contributed by atoms with Gasteiger partial charge in [-0.3, -0.25) is 9.69 Å². The van der Waals surface area contributed by atoms with E-state index in [1.54, 1.807) is 68.1 Å². The van der Waals surface area contributed by atoms with Crippen LogP contribution in [-0.2, 0) is 9.53 Å². The molecule has 198 valence electrons. The molecule has 0 saturated heterocycles. The molecule has 0 fully saturated rings. The number of amides is 3. The van der Waals surface area contributed by atoms with E-state index in [0.29, 0.717) is 40.6 Å². The van der Waals surface area contributed by atoms with Crippen molar-refractivity contribution >= 4 is 23.6 Å². The van der Waals surface area contributed by atoms with Gasteiger partial charge in [0.15, 0.2) is 0 Å². The topological polar surface area (TPSA) is 106 Å². The van der Waals surface area contributed by atoms with Gasteiger partial charge in [0.05, 0.1) is 31.9 Å². The predicted octanol–water partition coefficient (Wildman–Crippen LogP) is 5.05. The molecule has 0 bridgehead atoms. The van der Waals surface area contributed by atoms with Crippen LogP contribution in [-0.4, -0.2) is 49.7 Å². The molecule has 3 amide bonds. The van der Waals surface area contributed by atoms with E-state index in [1.807, 2.05) is 6.92 Å². The van der Waals surface area contributed by atoms with E-state index in [9.17, 15) is 14.4 Å². The zero-order chi connectivity index (χ0) is 27.1. The first-order chi connectivity index (χ1) is 17.7. The molecule has 0 spiro atoms. The number of allylic oxidation sites excluding steroid dienone is 1. The van der Waals surface area contributed by atoms with Gasteiger partial charge in [-0.25, -0.2) is 9.59 Å². The molecule has 37 heavy (non-hydrogen) atoms. The average Bonchev–Trinajstić information content (AvgIpc) is 2.87. The van der Waals surface area contributed by atoms with Gasteiger partial charge in [-0.2, -0.15) is 0 Å². The number of carbonyl (C=O) groups excluding carboxylic acids is 3. The van der Waals surface area contributed by atoms with Crippen LogP contribution in [0.15, 0.2) is 53.7 Å². The van der Waals surface area contributed by atoms with Crippen LogP contribution in [0.1, 0.15) is 62.5 Å². The van der Waals surface area contributed by atoms with E-state index in [2.05, 4.69) is 10.6 Å². The van der Waals surface area contributed by atoms with Gasteiger partial charge < -0.3 is 24.8 Å². The van der Waals surface area contributed by atoms with Gasteiger partial charge in [0, 0.05) is 17.9 Å². The van der Waals surface area contributed by atoms with Gasteiger partial charge in [0.2, 0.25) is 0 Å². The molecule has 1 unspecified atom stereocenters. The van der Waals surface area contributed by atoms with Gasteiger partial charge in [-0.15, -0.1) is 0 Å². The highest BCUT2D eigenvalue weighted by Gasteiger charge is 2.36. The van der Waals surface area contributed by atoms with Crippen molar-refractivity contribution in [3.8, 4) is 11.5 Å². The van der Waals surface area contributed by atoms with Crippen LogP contribution in [0.4, 0.5) is 10.5 Å². The Labute approximate surface area is 217 Å². The fraction of sp³-hybridized carbons (Fsp3) is 0.393. The summed E-state index contributed by atoms with van der Waals surface area (Å²) in [7, 11) is 2.96. The number of hydrogen-bond donors (Lipinski definition) is 2. The largest absolute Gasteiger partial charge is 0.496 e. The van der Waals surface area contributed by atoms with Crippen LogP contribution in [0.3, 0.4) is 0 Å². The lowest BCUT2D eigenvalue weighted by molar-refractivity contribution is -0.143. The molecule has 0 radical (unpaired) electrons. The first kappa shape index (κ1) is 27.6. The number of hydrogen-bond acceptors (Lipinski definition) is 6. The lowest BCUT2D eigenvalue weighted by Crippen LogP contribution is -2.48. The van der Waals surface area contributed by atoms with E-state index in [0.717, 1.165) is 12.8 Å². The van der Waals surface area contributed by atoms with Crippen LogP contribution in [0.2, 0.25) is 0 Å². The maximum absolute atomic E-state index is 13.2. The maximum Gasteiger partial charge on any atom is 0.338 e. The number of methoxy groups -OCH3 is 2. The van der Waals surface area contributed by atoms with E-state index < -0.39 is 17.9 Å². The van der Waals surface area contributed by atoms with E-state index >= 15 is 0 Å². The molecule has 0 aliphatic carbocycles. The number of esters is 1. The summed E-state index contributed by atoms with van der Waals surface area (Å²) in [6.45, 7) is 7.86. The number of carbonyl (C=O) groups is 3. The second kappa shape index (κ2) is 12.3. The third kappa shape index (κ3) is 6.22. The minimum Gasteiger partial charge on any atom is -0.496 e. The van der Waals surface area contributed by atoms with Gasteiger partial charge in [-0.1, -0.05) is 31.5 Å². The molecule has 1 heterocycles. The highest BCUT2D eigenvalue weighted by molar-refractivity contribution is 6.08. The molecular formula is C28H35N3O6. The Balaban J connectivity index is 1.98. The first-order valence-electron chi connectivity index (χ1n) is 12.3. The molecule has 1 atom stereocenters. The third-order valence-corrected chi connectivity index (χ3v) is 6.03. The Hall–Kier alpha value is -4.01. The average molecular weight is 510 g/mol. The van der Waals surface area contributed by atoms with Gasteiger partial charge in [0.25, 0.3) is 5.91 Å². The summed E-state index contributed by atoms with van der Waals surface area (Å²) >= 11 is 0. The van der Waals surface area contributed by atoms with Crippen LogP contribution in [0.5, 0.6) is 11.5 Å². The third-order valence-electron chi connectivity index (χ3n) is 6.03. The Kier molecular flexibility index (Phi) is 9.16. The van der Waals surface area contributed by atoms with Crippen LogP contribution in [0.25, 0.3) is 0 Å². The minimum absolute atomic E-state index is 0.257. The molecular weight excluding hydrogens is 474 g/mol. The summed E-state index contributed by atoms with van der Waals surface area (Å²) in [5.41, 5.74) is 2.28. The van der Waals surface area contributed by atoms with Crippen molar-refractivity contribution in [3.63, 3.8) is 0 Å². The molecule has 1 aliphatic rings. The molecule has 3 rings (SSSR count). The zero-order valence-electron chi connectivity index (χ0n) is 22.2. The Morgan fingerprint density at radius 2 is 1.73 bits per heavy atom. The summed E-state index contributed by atoms with van der Waals surface area (Å²) in [6.07, 6.45) is 1.39. The van der Waals surface area contributed by atoms with Crippen LogP contribution in [0, 0.1) is 0 Å². The maximum atomic E-state index is 13.2. The lowest BCUT2D eigenvalue weighted by Gasteiger charge is -2.35. The molecule has 0 aromatic heterocycles. The monoisotopic (exact) mass is 509 g/mol. The van der Waals surface area contributed by atoms with E-state index in [-0.39, 0.29) is 17.7 Å². The number of ether oxygens (including phenoxy) is 3. The van der Waals surface area contributed by atoms with Crippen molar-refractivity contribution < 1.29 is 28.6 Å².